The second-order valence-electron chi connectivity index (χ2n) is 4.97. The van der Waals surface area contributed by atoms with Crippen LogP contribution in [0.3, 0.4) is 0 Å². The summed E-state index contributed by atoms with van der Waals surface area (Å²) < 4.78 is 0. The molecule has 0 amide bonds. The highest BCUT2D eigenvalue weighted by Crippen LogP contribution is 2.16. The first-order chi connectivity index (χ1) is 10.1. The molecule has 0 bridgehead atoms. The van der Waals surface area contributed by atoms with E-state index in [1.807, 2.05) is 14.0 Å². The van der Waals surface area contributed by atoms with Crippen molar-refractivity contribution in [1.29, 1.82) is 0 Å². The Morgan fingerprint density at radius 2 is 1.95 bits per heavy atom. The topological polar surface area (TPSA) is 52.5 Å². The van der Waals surface area contributed by atoms with Crippen LogP contribution in [0.1, 0.15) is 35.8 Å². The number of thiazole rings is 1. The van der Waals surface area contributed by atoms with Crippen molar-refractivity contribution in [2.75, 3.05) is 33.2 Å². The normalized spacial score (nSPS) is 12.0. The average molecular weight is 311 g/mol. The first kappa shape index (κ1) is 17.9. The Bertz CT molecular complexity index is 437. The Balaban J connectivity index is 2.28. The van der Waals surface area contributed by atoms with Gasteiger partial charge < -0.3 is 15.5 Å². The molecule has 0 saturated heterocycles. The van der Waals surface area contributed by atoms with Gasteiger partial charge >= 0.3 is 0 Å². The van der Waals surface area contributed by atoms with E-state index in [4.69, 9.17) is 0 Å². The summed E-state index contributed by atoms with van der Waals surface area (Å²) in [4.78, 5) is 12.4. The third kappa shape index (κ3) is 6.44. The smallest absolute Gasteiger partial charge is 0.191 e. The highest BCUT2D eigenvalue weighted by molar-refractivity contribution is 7.11. The second-order valence-corrected chi connectivity index (χ2v) is 6.26. The van der Waals surface area contributed by atoms with Crippen LogP contribution in [-0.4, -0.2) is 49.1 Å². The third-order valence-electron chi connectivity index (χ3n) is 3.48. The van der Waals surface area contributed by atoms with E-state index < -0.39 is 0 Å². The molecule has 1 aromatic rings. The molecule has 0 aliphatic carbocycles. The van der Waals surface area contributed by atoms with E-state index in [0.717, 1.165) is 55.8 Å². The van der Waals surface area contributed by atoms with E-state index in [1.54, 1.807) is 11.3 Å². The maximum atomic E-state index is 4.44. The molecule has 6 heteroatoms. The Morgan fingerprint density at radius 3 is 2.48 bits per heavy atom. The molecule has 0 fully saturated rings. The number of aliphatic imine (C=N–C) groups is 1. The van der Waals surface area contributed by atoms with Crippen LogP contribution in [-0.2, 0) is 6.54 Å². The van der Waals surface area contributed by atoms with Crippen LogP contribution in [0.5, 0.6) is 0 Å². The van der Waals surface area contributed by atoms with Crippen LogP contribution in [0.25, 0.3) is 0 Å². The van der Waals surface area contributed by atoms with E-state index in [-0.39, 0.29) is 0 Å². The number of guanidine groups is 1. The molecule has 0 radical (unpaired) electrons. The van der Waals surface area contributed by atoms with Crippen molar-refractivity contribution < 1.29 is 0 Å². The monoisotopic (exact) mass is 311 g/mol. The van der Waals surface area contributed by atoms with Crippen LogP contribution in [0.15, 0.2) is 4.99 Å². The molecule has 1 aromatic heterocycles. The highest BCUT2D eigenvalue weighted by atomic mass is 32.1. The fraction of sp³-hybridized carbons (Fsp3) is 0.733. The Labute approximate surface area is 132 Å². The molecule has 5 nitrogen and oxygen atoms in total. The van der Waals surface area contributed by atoms with Gasteiger partial charge in [-0.05, 0) is 39.9 Å². The lowest BCUT2D eigenvalue weighted by molar-refractivity contribution is 0.300. The van der Waals surface area contributed by atoms with Gasteiger partial charge in [0, 0.05) is 18.5 Å². The fourth-order valence-electron chi connectivity index (χ4n) is 2.17. The molecule has 0 aliphatic rings. The summed E-state index contributed by atoms with van der Waals surface area (Å²) in [6, 6.07) is 0. The molecule has 0 saturated carbocycles. The maximum absolute atomic E-state index is 4.44. The van der Waals surface area contributed by atoms with Crippen molar-refractivity contribution in [3.05, 3.63) is 15.6 Å². The summed E-state index contributed by atoms with van der Waals surface area (Å²) in [6.07, 6.45) is 1.13. The molecule has 0 unspecified atom stereocenters. The maximum Gasteiger partial charge on any atom is 0.191 e. The molecule has 1 rings (SSSR count). The van der Waals surface area contributed by atoms with Crippen LogP contribution in [0.4, 0.5) is 0 Å². The number of nitrogens with one attached hydrogen (secondary N) is 2. The van der Waals surface area contributed by atoms with E-state index in [9.17, 15) is 0 Å². The highest BCUT2D eigenvalue weighted by Gasteiger charge is 2.05. The van der Waals surface area contributed by atoms with E-state index in [2.05, 4.69) is 46.3 Å². The van der Waals surface area contributed by atoms with Gasteiger partial charge in [-0.15, -0.1) is 11.3 Å². The van der Waals surface area contributed by atoms with Gasteiger partial charge in [0.05, 0.1) is 17.2 Å². The molecular weight excluding hydrogens is 282 g/mol. The van der Waals surface area contributed by atoms with Gasteiger partial charge in [-0.1, -0.05) is 13.8 Å². The number of aromatic nitrogens is 1. The Kier molecular flexibility index (Phi) is 8.30. The minimum Gasteiger partial charge on any atom is -0.356 e. The fourth-order valence-corrected chi connectivity index (χ4v) is 3.05. The molecule has 0 aliphatic heterocycles. The van der Waals surface area contributed by atoms with Gasteiger partial charge in [-0.3, -0.25) is 4.99 Å². The molecule has 0 atom stereocenters. The quantitative estimate of drug-likeness (QED) is 0.439. The van der Waals surface area contributed by atoms with Crippen molar-refractivity contribution in [2.45, 2.75) is 40.7 Å². The van der Waals surface area contributed by atoms with Crippen LogP contribution in [0.2, 0.25) is 0 Å². The Hall–Kier alpha value is -1.14. The summed E-state index contributed by atoms with van der Waals surface area (Å²) in [5.74, 6) is 0.861. The number of hydrogen-bond acceptors (Lipinski definition) is 4. The van der Waals surface area contributed by atoms with E-state index in [0.29, 0.717) is 0 Å². The Morgan fingerprint density at radius 1 is 1.24 bits per heavy atom. The first-order valence-corrected chi connectivity index (χ1v) is 8.52. The molecular formula is C15H29N5S. The van der Waals surface area contributed by atoms with Gasteiger partial charge in [0.25, 0.3) is 0 Å². The van der Waals surface area contributed by atoms with Crippen LogP contribution < -0.4 is 10.6 Å². The molecule has 0 spiro atoms. The van der Waals surface area contributed by atoms with Gasteiger partial charge in [0.1, 0.15) is 0 Å². The van der Waals surface area contributed by atoms with Crippen LogP contribution in [0, 0.1) is 13.8 Å². The zero-order valence-corrected chi connectivity index (χ0v) is 14.8. The second kappa shape index (κ2) is 9.73. The van der Waals surface area contributed by atoms with Gasteiger partial charge in [0.2, 0.25) is 0 Å². The van der Waals surface area contributed by atoms with Crippen molar-refractivity contribution in [3.63, 3.8) is 0 Å². The summed E-state index contributed by atoms with van der Waals surface area (Å²) in [6.45, 7) is 13.6. The summed E-state index contributed by atoms with van der Waals surface area (Å²) in [7, 11) is 1.81. The lowest BCUT2D eigenvalue weighted by Gasteiger charge is -2.18. The summed E-state index contributed by atoms with van der Waals surface area (Å²) >= 11 is 1.74. The van der Waals surface area contributed by atoms with Crippen molar-refractivity contribution in [2.24, 2.45) is 4.99 Å². The summed E-state index contributed by atoms with van der Waals surface area (Å²) in [5.41, 5.74) is 1.11. The number of nitrogens with zero attached hydrogens (tertiary/aromatic N) is 3. The summed E-state index contributed by atoms with van der Waals surface area (Å²) in [5, 5.41) is 7.83. The van der Waals surface area contributed by atoms with Crippen molar-refractivity contribution >= 4 is 17.3 Å². The standard InChI is InChI=1S/C15H29N5S/c1-6-20(7-2)10-8-9-17-15(16-5)18-11-14-12(3)19-13(4)21-14/h6-11H2,1-5H3,(H2,16,17,18). The zero-order chi connectivity index (χ0) is 15.7. The minimum absolute atomic E-state index is 0.785. The van der Waals surface area contributed by atoms with E-state index in [1.165, 1.54) is 4.88 Å². The molecule has 0 aromatic carbocycles. The molecule has 1 heterocycles. The SMILES string of the molecule is CCN(CC)CCCNC(=NC)NCc1sc(C)nc1C. The number of hydrogen-bond donors (Lipinski definition) is 2. The molecule has 2 N–H and O–H groups in total. The third-order valence-corrected chi connectivity index (χ3v) is 4.55. The lowest BCUT2D eigenvalue weighted by atomic mass is 10.3. The molecule has 120 valence electrons. The number of aryl methyl sites for hydroxylation is 2. The molecule has 21 heavy (non-hydrogen) atoms. The average Bonchev–Trinajstić information content (AvgIpc) is 2.80. The van der Waals surface area contributed by atoms with E-state index >= 15 is 0 Å². The van der Waals surface area contributed by atoms with Gasteiger partial charge in [-0.2, -0.15) is 0 Å². The lowest BCUT2D eigenvalue weighted by Crippen LogP contribution is -2.38. The minimum atomic E-state index is 0.785. The predicted octanol–water partition coefficient (Wildman–Crippen LogP) is 2.16. The van der Waals surface area contributed by atoms with Crippen molar-refractivity contribution in [1.82, 2.24) is 20.5 Å². The zero-order valence-electron chi connectivity index (χ0n) is 14.0. The van der Waals surface area contributed by atoms with Crippen molar-refractivity contribution in [3.8, 4) is 0 Å². The van der Waals surface area contributed by atoms with Gasteiger partial charge in [0.15, 0.2) is 5.96 Å². The first-order valence-electron chi connectivity index (χ1n) is 7.70. The largest absolute Gasteiger partial charge is 0.356 e. The van der Waals surface area contributed by atoms with Crippen LogP contribution >= 0.6 is 11.3 Å². The predicted molar refractivity (Wildman–Crippen MR) is 92.2 cm³/mol. The number of rotatable bonds is 8. The van der Waals surface area contributed by atoms with Gasteiger partial charge in [-0.25, -0.2) is 4.98 Å².